The molecule has 23 heavy (non-hydrogen) atoms. The smallest absolute Gasteiger partial charge is 0.229 e. The summed E-state index contributed by atoms with van der Waals surface area (Å²) in [4.78, 5) is 9.10. The van der Waals surface area contributed by atoms with Gasteiger partial charge in [0.2, 0.25) is 5.95 Å². The largest absolute Gasteiger partial charge is 0.495 e. The number of para-hydroxylation sites is 1. The zero-order chi connectivity index (χ0) is 16.2. The fourth-order valence-corrected chi connectivity index (χ4v) is 2.57. The Hall–Kier alpha value is -2.53. The van der Waals surface area contributed by atoms with Gasteiger partial charge in [-0.25, -0.2) is 4.98 Å². The lowest BCUT2D eigenvalue weighted by Gasteiger charge is -2.11. The van der Waals surface area contributed by atoms with Crippen LogP contribution in [0.25, 0.3) is 10.9 Å². The average Bonchev–Trinajstić information content (AvgIpc) is 2.55. The van der Waals surface area contributed by atoms with E-state index in [1.54, 1.807) is 19.2 Å². The van der Waals surface area contributed by atoms with E-state index in [2.05, 4.69) is 20.6 Å². The lowest BCUT2D eigenvalue weighted by atomic mass is 10.2. The first kappa shape index (κ1) is 15.4. The first-order valence-corrected chi connectivity index (χ1v) is 7.70. The van der Waals surface area contributed by atoms with Crippen LogP contribution in [0, 0.1) is 0 Å². The number of nitrogens with zero attached hydrogens (tertiary/aromatic N) is 2. The Labute approximate surface area is 139 Å². The van der Waals surface area contributed by atoms with Crippen LogP contribution in [-0.2, 0) is 0 Å². The van der Waals surface area contributed by atoms with Gasteiger partial charge in [0.05, 0.1) is 17.6 Å². The van der Waals surface area contributed by atoms with E-state index in [-0.39, 0.29) is 0 Å². The molecule has 1 heterocycles. The van der Waals surface area contributed by atoms with Crippen LogP contribution in [0.15, 0.2) is 42.5 Å². The summed E-state index contributed by atoms with van der Waals surface area (Å²) in [7, 11) is 1.59. The maximum absolute atomic E-state index is 6.15. The number of rotatable bonds is 5. The van der Waals surface area contributed by atoms with Gasteiger partial charge in [-0.3, -0.25) is 0 Å². The number of halogens is 1. The average molecular weight is 329 g/mol. The van der Waals surface area contributed by atoms with Gasteiger partial charge in [-0.05, 0) is 37.3 Å². The monoisotopic (exact) mass is 328 g/mol. The number of fused-ring (bicyclic) bond motifs is 1. The molecule has 0 saturated carbocycles. The number of hydrogen-bond acceptors (Lipinski definition) is 5. The third-order valence-electron chi connectivity index (χ3n) is 3.36. The van der Waals surface area contributed by atoms with Crippen LogP contribution in [0.3, 0.4) is 0 Å². The highest BCUT2D eigenvalue weighted by Crippen LogP contribution is 2.29. The van der Waals surface area contributed by atoms with Crippen LogP contribution >= 0.6 is 11.6 Å². The molecule has 0 aliphatic rings. The summed E-state index contributed by atoms with van der Waals surface area (Å²) in [6.07, 6.45) is 0. The van der Waals surface area contributed by atoms with Crippen molar-refractivity contribution in [1.29, 1.82) is 0 Å². The molecule has 2 N–H and O–H groups in total. The molecule has 5 nitrogen and oxygen atoms in total. The van der Waals surface area contributed by atoms with Crippen LogP contribution in [0.1, 0.15) is 6.92 Å². The van der Waals surface area contributed by atoms with E-state index in [1.165, 1.54) is 0 Å². The number of nitrogens with one attached hydrogen (secondary N) is 2. The van der Waals surface area contributed by atoms with Crippen LogP contribution in [0.2, 0.25) is 5.02 Å². The molecular formula is C17H17ClN4O. The first-order valence-electron chi connectivity index (χ1n) is 7.32. The molecule has 3 aromatic rings. The highest BCUT2D eigenvalue weighted by molar-refractivity contribution is 6.32. The van der Waals surface area contributed by atoms with Gasteiger partial charge in [0, 0.05) is 17.6 Å². The molecule has 3 rings (SSSR count). The van der Waals surface area contributed by atoms with Crippen molar-refractivity contribution in [3.05, 3.63) is 47.5 Å². The number of methoxy groups -OCH3 is 1. The molecule has 0 fully saturated rings. The molecule has 0 radical (unpaired) electrons. The molecule has 0 aliphatic heterocycles. The quantitative estimate of drug-likeness (QED) is 0.723. The minimum absolute atomic E-state index is 0.515. The molecule has 0 aliphatic carbocycles. The van der Waals surface area contributed by atoms with Crippen molar-refractivity contribution >= 4 is 40.0 Å². The van der Waals surface area contributed by atoms with Crippen LogP contribution in [0.4, 0.5) is 17.5 Å². The predicted octanol–water partition coefficient (Wildman–Crippen LogP) is 4.47. The number of ether oxygens (including phenoxy) is 1. The molecule has 2 aromatic carbocycles. The summed E-state index contributed by atoms with van der Waals surface area (Å²) in [6, 6.07) is 13.4. The highest BCUT2D eigenvalue weighted by atomic mass is 35.5. The standard InChI is InChI=1S/C17H17ClN4O/c1-3-19-16-12-6-4-5-7-14(12)21-17(22-16)20-11-8-9-15(23-2)13(18)10-11/h4-10H,3H2,1-2H3,(H2,19,20,21,22). The summed E-state index contributed by atoms with van der Waals surface area (Å²) < 4.78 is 5.16. The van der Waals surface area contributed by atoms with E-state index in [9.17, 15) is 0 Å². The molecule has 0 bridgehead atoms. The topological polar surface area (TPSA) is 59.1 Å². The Morgan fingerprint density at radius 3 is 2.70 bits per heavy atom. The zero-order valence-corrected chi connectivity index (χ0v) is 13.7. The Morgan fingerprint density at radius 1 is 1.13 bits per heavy atom. The molecule has 0 amide bonds. The third-order valence-corrected chi connectivity index (χ3v) is 3.65. The van der Waals surface area contributed by atoms with Crippen molar-refractivity contribution in [2.45, 2.75) is 6.92 Å². The van der Waals surface area contributed by atoms with Crippen molar-refractivity contribution in [2.75, 3.05) is 24.3 Å². The Kier molecular flexibility index (Phi) is 4.48. The maximum Gasteiger partial charge on any atom is 0.229 e. The van der Waals surface area contributed by atoms with Gasteiger partial charge in [0.25, 0.3) is 0 Å². The first-order chi connectivity index (χ1) is 11.2. The zero-order valence-electron chi connectivity index (χ0n) is 12.9. The second kappa shape index (κ2) is 6.71. The maximum atomic E-state index is 6.15. The lowest BCUT2D eigenvalue weighted by molar-refractivity contribution is 0.415. The van der Waals surface area contributed by atoms with Gasteiger partial charge < -0.3 is 15.4 Å². The fraction of sp³-hybridized carbons (Fsp3) is 0.176. The summed E-state index contributed by atoms with van der Waals surface area (Å²) in [5, 5.41) is 7.98. The van der Waals surface area contributed by atoms with E-state index in [0.29, 0.717) is 16.7 Å². The second-order valence-electron chi connectivity index (χ2n) is 4.92. The number of aromatic nitrogens is 2. The van der Waals surface area contributed by atoms with Gasteiger partial charge in [-0.15, -0.1) is 0 Å². The second-order valence-corrected chi connectivity index (χ2v) is 5.32. The third kappa shape index (κ3) is 3.29. The van der Waals surface area contributed by atoms with Crippen molar-refractivity contribution in [1.82, 2.24) is 9.97 Å². The molecule has 0 atom stereocenters. The minimum Gasteiger partial charge on any atom is -0.495 e. The Bertz CT molecular complexity index is 838. The molecule has 118 valence electrons. The molecule has 0 unspecified atom stereocenters. The van der Waals surface area contributed by atoms with Crippen molar-refractivity contribution in [3.8, 4) is 5.75 Å². The molecule has 1 aromatic heterocycles. The normalized spacial score (nSPS) is 10.6. The van der Waals surface area contributed by atoms with E-state index >= 15 is 0 Å². The van der Waals surface area contributed by atoms with E-state index in [4.69, 9.17) is 16.3 Å². The van der Waals surface area contributed by atoms with Gasteiger partial charge in [0.15, 0.2) is 0 Å². The Morgan fingerprint density at radius 2 is 1.96 bits per heavy atom. The molecule has 6 heteroatoms. The van der Waals surface area contributed by atoms with E-state index in [0.717, 1.165) is 29.0 Å². The summed E-state index contributed by atoms with van der Waals surface area (Å²) in [5.74, 6) is 1.95. The van der Waals surface area contributed by atoms with Crippen LogP contribution in [-0.4, -0.2) is 23.6 Å². The number of hydrogen-bond donors (Lipinski definition) is 2. The molecule has 0 saturated heterocycles. The highest BCUT2D eigenvalue weighted by Gasteiger charge is 2.08. The van der Waals surface area contributed by atoms with Gasteiger partial charge in [0.1, 0.15) is 11.6 Å². The molecular weight excluding hydrogens is 312 g/mol. The lowest BCUT2D eigenvalue weighted by Crippen LogP contribution is -2.04. The fourth-order valence-electron chi connectivity index (χ4n) is 2.31. The van der Waals surface area contributed by atoms with Crippen molar-refractivity contribution in [3.63, 3.8) is 0 Å². The van der Waals surface area contributed by atoms with Gasteiger partial charge in [-0.2, -0.15) is 4.98 Å². The van der Waals surface area contributed by atoms with Gasteiger partial charge in [-0.1, -0.05) is 23.7 Å². The number of anilines is 3. The Balaban J connectivity index is 1.98. The minimum atomic E-state index is 0.515. The SMILES string of the molecule is CCNc1nc(Nc2ccc(OC)c(Cl)c2)nc2ccccc12. The predicted molar refractivity (Wildman–Crippen MR) is 95.0 cm³/mol. The number of benzene rings is 2. The summed E-state index contributed by atoms with van der Waals surface area (Å²) in [5.41, 5.74) is 1.68. The molecule has 0 spiro atoms. The van der Waals surface area contributed by atoms with E-state index in [1.807, 2.05) is 37.3 Å². The van der Waals surface area contributed by atoms with Gasteiger partial charge >= 0.3 is 0 Å². The van der Waals surface area contributed by atoms with Crippen LogP contribution in [0.5, 0.6) is 5.75 Å². The van der Waals surface area contributed by atoms with E-state index < -0.39 is 0 Å². The summed E-state index contributed by atoms with van der Waals surface area (Å²) >= 11 is 6.15. The van der Waals surface area contributed by atoms with Crippen molar-refractivity contribution in [2.24, 2.45) is 0 Å². The van der Waals surface area contributed by atoms with Crippen LogP contribution < -0.4 is 15.4 Å². The van der Waals surface area contributed by atoms with Crippen molar-refractivity contribution < 1.29 is 4.74 Å². The summed E-state index contributed by atoms with van der Waals surface area (Å²) in [6.45, 7) is 2.82.